The number of piperidine rings is 1. The number of benzene rings is 2. The fourth-order valence-electron chi connectivity index (χ4n) is 3.89. The second-order valence-electron chi connectivity index (χ2n) is 7.68. The number of hydrogen-bond acceptors (Lipinski definition) is 3. The average Bonchev–Trinajstić information content (AvgIpc) is 3.33. The van der Waals surface area contributed by atoms with E-state index < -0.39 is 0 Å². The van der Waals surface area contributed by atoms with Gasteiger partial charge in [0.05, 0.1) is 18.7 Å². The highest BCUT2D eigenvalue weighted by molar-refractivity contribution is 6.30. The SMILES string of the molecule is O=C(NCc1ccco1)[C@H]1C[C@@H](c2ccccc2)CN(C(=O)Nc2ccc(Cl)cc2)C1. The van der Waals surface area contributed by atoms with Gasteiger partial charge in [0.15, 0.2) is 0 Å². The van der Waals surface area contributed by atoms with Gasteiger partial charge in [-0.25, -0.2) is 4.79 Å². The lowest BCUT2D eigenvalue weighted by Gasteiger charge is -2.37. The lowest BCUT2D eigenvalue weighted by atomic mass is 9.84. The summed E-state index contributed by atoms with van der Waals surface area (Å²) in [6, 6.07) is 20.4. The number of nitrogens with zero attached hydrogens (tertiary/aromatic N) is 1. The van der Waals surface area contributed by atoms with E-state index in [1.165, 1.54) is 0 Å². The Kier molecular flexibility index (Phi) is 6.57. The molecule has 3 amide bonds. The van der Waals surface area contributed by atoms with Gasteiger partial charge in [-0.2, -0.15) is 0 Å². The zero-order valence-electron chi connectivity index (χ0n) is 17.0. The first-order valence-electron chi connectivity index (χ1n) is 10.2. The predicted octanol–water partition coefficient (Wildman–Crippen LogP) is 4.89. The molecular formula is C24H24ClN3O3. The molecule has 160 valence electrons. The van der Waals surface area contributed by atoms with Gasteiger partial charge in [-0.05, 0) is 48.4 Å². The Morgan fingerprint density at radius 3 is 2.48 bits per heavy atom. The first-order valence-corrected chi connectivity index (χ1v) is 10.6. The molecule has 2 N–H and O–H groups in total. The molecule has 0 radical (unpaired) electrons. The molecule has 1 aliphatic heterocycles. The van der Waals surface area contributed by atoms with Crippen LogP contribution in [0, 0.1) is 5.92 Å². The average molecular weight is 438 g/mol. The topological polar surface area (TPSA) is 74.6 Å². The fourth-order valence-corrected chi connectivity index (χ4v) is 4.02. The standard InChI is InChI=1S/C24H24ClN3O3/c25-20-8-10-21(11-9-20)27-24(30)28-15-18(17-5-2-1-3-6-17)13-19(16-28)23(29)26-14-22-7-4-12-31-22/h1-12,18-19H,13-16H2,(H,26,29)(H,27,30)/t18-,19+/m1/s1. The van der Waals surface area contributed by atoms with Crippen LogP contribution in [0.5, 0.6) is 0 Å². The van der Waals surface area contributed by atoms with Crippen molar-refractivity contribution >= 4 is 29.2 Å². The summed E-state index contributed by atoms with van der Waals surface area (Å²) in [4.78, 5) is 27.6. The Labute approximate surface area is 186 Å². The Bertz CT molecular complexity index is 1010. The fraction of sp³-hybridized carbons (Fsp3) is 0.250. The molecule has 0 spiro atoms. The van der Waals surface area contributed by atoms with Crippen molar-refractivity contribution < 1.29 is 14.0 Å². The van der Waals surface area contributed by atoms with Crippen LogP contribution in [0.25, 0.3) is 0 Å². The minimum Gasteiger partial charge on any atom is -0.467 e. The number of carbonyl (C=O) groups is 2. The molecule has 7 heteroatoms. The van der Waals surface area contributed by atoms with Crippen LogP contribution < -0.4 is 10.6 Å². The number of amides is 3. The van der Waals surface area contributed by atoms with Gasteiger partial charge in [0.2, 0.25) is 5.91 Å². The molecule has 0 saturated carbocycles. The van der Waals surface area contributed by atoms with Gasteiger partial charge in [0, 0.05) is 29.7 Å². The number of halogens is 1. The summed E-state index contributed by atoms with van der Waals surface area (Å²) >= 11 is 5.93. The monoisotopic (exact) mass is 437 g/mol. The third kappa shape index (κ3) is 5.47. The summed E-state index contributed by atoms with van der Waals surface area (Å²) in [5.41, 5.74) is 1.78. The van der Waals surface area contributed by atoms with Crippen molar-refractivity contribution in [1.82, 2.24) is 10.2 Å². The summed E-state index contributed by atoms with van der Waals surface area (Å²) in [6.45, 7) is 1.23. The molecule has 2 atom stereocenters. The molecule has 6 nitrogen and oxygen atoms in total. The van der Waals surface area contributed by atoms with Crippen LogP contribution in [0.2, 0.25) is 5.02 Å². The number of anilines is 1. The largest absolute Gasteiger partial charge is 0.467 e. The van der Waals surface area contributed by atoms with Crippen LogP contribution in [-0.2, 0) is 11.3 Å². The molecule has 1 fully saturated rings. The quantitative estimate of drug-likeness (QED) is 0.597. The molecule has 1 saturated heterocycles. The van der Waals surface area contributed by atoms with Crippen molar-refractivity contribution in [3.8, 4) is 0 Å². The van der Waals surface area contributed by atoms with Crippen LogP contribution in [0.15, 0.2) is 77.4 Å². The van der Waals surface area contributed by atoms with Crippen LogP contribution in [-0.4, -0.2) is 29.9 Å². The molecular weight excluding hydrogens is 414 g/mol. The molecule has 1 aromatic heterocycles. The van der Waals surface area contributed by atoms with Crippen molar-refractivity contribution in [2.24, 2.45) is 5.92 Å². The van der Waals surface area contributed by atoms with E-state index >= 15 is 0 Å². The summed E-state index contributed by atoms with van der Waals surface area (Å²) in [5, 5.41) is 6.45. The highest BCUT2D eigenvalue weighted by Gasteiger charge is 2.34. The Hall–Kier alpha value is -3.25. The van der Waals surface area contributed by atoms with Crippen LogP contribution in [0.1, 0.15) is 23.7 Å². The van der Waals surface area contributed by atoms with Crippen molar-refractivity contribution in [2.75, 3.05) is 18.4 Å². The predicted molar refractivity (Wildman–Crippen MR) is 120 cm³/mol. The highest BCUT2D eigenvalue weighted by Crippen LogP contribution is 2.31. The van der Waals surface area contributed by atoms with Crippen LogP contribution in [0.3, 0.4) is 0 Å². The highest BCUT2D eigenvalue weighted by atomic mass is 35.5. The van der Waals surface area contributed by atoms with E-state index in [4.69, 9.17) is 16.0 Å². The minimum absolute atomic E-state index is 0.0743. The third-order valence-electron chi connectivity index (χ3n) is 5.49. The zero-order chi connectivity index (χ0) is 21.6. The Balaban J connectivity index is 1.47. The lowest BCUT2D eigenvalue weighted by molar-refractivity contribution is -0.126. The van der Waals surface area contributed by atoms with Gasteiger partial charge in [-0.15, -0.1) is 0 Å². The number of carbonyl (C=O) groups excluding carboxylic acids is 2. The number of hydrogen-bond donors (Lipinski definition) is 2. The molecule has 4 rings (SSSR count). The molecule has 2 heterocycles. The molecule has 0 bridgehead atoms. The van der Waals surface area contributed by atoms with Crippen molar-refractivity contribution in [2.45, 2.75) is 18.9 Å². The van der Waals surface area contributed by atoms with E-state index in [0.29, 0.717) is 42.5 Å². The van der Waals surface area contributed by atoms with E-state index in [-0.39, 0.29) is 23.8 Å². The third-order valence-corrected chi connectivity index (χ3v) is 5.74. The molecule has 31 heavy (non-hydrogen) atoms. The number of rotatable bonds is 5. The van der Waals surface area contributed by atoms with Crippen molar-refractivity contribution in [3.05, 3.63) is 89.3 Å². The molecule has 1 aliphatic rings. The lowest BCUT2D eigenvalue weighted by Crippen LogP contribution is -2.49. The van der Waals surface area contributed by atoms with E-state index in [1.54, 1.807) is 41.5 Å². The van der Waals surface area contributed by atoms with Gasteiger partial charge >= 0.3 is 6.03 Å². The number of nitrogens with one attached hydrogen (secondary N) is 2. The summed E-state index contributed by atoms with van der Waals surface area (Å²) in [7, 11) is 0. The van der Waals surface area contributed by atoms with E-state index in [2.05, 4.69) is 10.6 Å². The van der Waals surface area contributed by atoms with Gasteiger partial charge < -0.3 is 20.0 Å². The van der Waals surface area contributed by atoms with E-state index in [1.807, 2.05) is 36.4 Å². The molecule has 0 unspecified atom stereocenters. The van der Waals surface area contributed by atoms with Crippen LogP contribution in [0.4, 0.5) is 10.5 Å². The summed E-state index contributed by atoms with van der Waals surface area (Å²) < 4.78 is 5.30. The second-order valence-corrected chi connectivity index (χ2v) is 8.12. The first-order chi connectivity index (χ1) is 15.1. The second kappa shape index (κ2) is 9.71. The first kappa shape index (κ1) is 21.0. The molecule has 3 aromatic rings. The maximum Gasteiger partial charge on any atom is 0.321 e. The maximum atomic E-state index is 13.0. The van der Waals surface area contributed by atoms with Gasteiger partial charge in [-0.1, -0.05) is 41.9 Å². The number of likely N-dealkylation sites (tertiary alicyclic amines) is 1. The Morgan fingerprint density at radius 2 is 1.77 bits per heavy atom. The van der Waals surface area contributed by atoms with Gasteiger partial charge in [0.1, 0.15) is 5.76 Å². The molecule has 0 aliphatic carbocycles. The van der Waals surface area contributed by atoms with Crippen molar-refractivity contribution in [3.63, 3.8) is 0 Å². The van der Waals surface area contributed by atoms with Gasteiger partial charge in [0.25, 0.3) is 0 Å². The van der Waals surface area contributed by atoms with Crippen molar-refractivity contribution in [1.29, 1.82) is 0 Å². The summed E-state index contributed by atoms with van der Waals surface area (Å²) in [6.07, 6.45) is 2.26. The van der Waals surface area contributed by atoms with Gasteiger partial charge in [-0.3, -0.25) is 4.79 Å². The summed E-state index contributed by atoms with van der Waals surface area (Å²) in [5.74, 6) is 0.373. The van der Waals surface area contributed by atoms with Crippen LogP contribution >= 0.6 is 11.6 Å². The maximum absolute atomic E-state index is 13.0. The number of furan rings is 1. The normalized spacial score (nSPS) is 18.4. The van der Waals surface area contributed by atoms with E-state index in [0.717, 1.165) is 5.56 Å². The zero-order valence-corrected chi connectivity index (χ0v) is 17.7. The number of urea groups is 1. The minimum atomic E-state index is -0.315. The van der Waals surface area contributed by atoms with E-state index in [9.17, 15) is 9.59 Å². The smallest absolute Gasteiger partial charge is 0.321 e. The molecule has 2 aromatic carbocycles. The Morgan fingerprint density at radius 1 is 1.00 bits per heavy atom.